The van der Waals surface area contributed by atoms with Gasteiger partial charge in [0.1, 0.15) is 0 Å². The Hall–Kier alpha value is -0.200. The maximum absolute atomic E-state index is 9.26. The number of carboxylic acids is 2. The van der Waals surface area contributed by atoms with Crippen LogP contribution in [0.4, 0.5) is 0 Å². The first-order chi connectivity index (χ1) is 15.0. The molecule has 6 heteroatoms. The van der Waals surface area contributed by atoms with Gasteiger partial charge in [-0.15, -0.1) is 0 Å². The van der Waals surface area contributed by atoms with Gasteiger partial charge >= 0.3 is 0 Å². The number of hydrogen-bond acceptors (Lipinski definition) is 4. The summed E-state index contributed by atoms with van der Waals surface area (Å²) in [6.45, 7) is 21.9. The molecule has 0 amide bonds. The number of carbonyl (C=O) groups excluding carboxylic acids is 2. The predicted molar refractivity (Wildman–Crippen MR) is 147 cm³/mol. The summed E-state index contributed by atoms with van der Waals surface area (Å²) >= 11 is 0. The normalized spacial score (nSPS) is 10.6. The molecule has 0 saturated heterocycles. The maximum atomic E-state index is 9.26. The Labute approximate surface area is 203 Å². The van der Waals surface area contributed by atoms with Crippen LogP contribution in [-0.4, -0.2) is 61.2 Å². The van der Waals surface area contributed by atoms with E-state index in [2.05, 4.69) is 55.4 Å². The van der Waals surface area contributed by atoms with Crippen molar-refractivity contribution in [3.8, 4) is 0 Å². The lowest BCUT2D eigenvalue weighted by molar-refractivity contribution is -0.306. The molecular weight excluding hydrogens is 438 g/mol. The molecule has 0 rings (SSSR count). The van der Waals surface area contributed by atoms with E-state index in [1.54, 1.807) is 24.6 Å². The third-order valence-corrected chi connectivity index (χ3v) is 17.0. The largest absolute Gasteiger partial charge is 0.550 e. The first-order valence-electron chi connectivity index (χ1n) is 13.1. The summed E-state index contributed by atoms with van der Waals surface area (Å²) in [6.07, 6.45) is 17.9. The quantitative estimate of drug-likeness (QED) is 0.275. The van der Waals surface area contributed by atoms with Gasteiger partial charge in [0.2, 0.25) is 0 Å². The number of hydrogen-bond donors (Lipinski definition) is 0. The molecular formula is C26H58O4P2. The number of carbonyl (C=O) groups is 2. The van der Waals surface area contributed by atoms with Crippen molar-refractivity contribution in [3.05, 3.63) is 0 Å². The minimum Gasteiger partial charge on any atom is -0.550 e. The van der Waals surface area contributed by atoms with Gasteiger partial charge in [-0.2, -0.15) is 0 Å². The molecule has 4 nitrogen and oxygen atoms in total. The Morgan fingerprint density at radius 2 is 0.656 bits per heavy atom. The molecule has 0 radical (unpaired) electrons. The summed E-state index contributed by atoms with van der Waals surface area (Å²) < 4.78 is 0. The highest BCUT2D eigenvalue weighted by Gasteiger charge is 2.32. The van der Waals surface area contributed by atoms with Gasteiger partial charge < -0.3 is 19.8 Å². The Kier molecular flexibility index (Phi) is 33.0. The fourth-order valence-corrected chi connectivity index (χ4v) is 11.7. The van der Waals surface area contributed by atoms with Gasteiger partial charge in [0.05, 0.1) is 49.3 Å². The van der Waals surface area contributed by atoms with Crippen LogP contribution >= 0.6 is 14.5 Å². The van der Waals surface area contributed by atoms with Crippen LogP contribution < -0.4 is 10.2 Å². The second-order valence-electron chi connectivity index (χ2n) is 8.29. The van der Waals surface area contributed by atoms with Gasteiger partial charge in [-0.3, -0.25) is 0 Å². The van der Waals surface area contributed by atoms with E-state index in [9.17, 15) is 19.8 Å². The molecule has 0 aliphatic carbocycles. The predicted octanol–water partition coefficient (Wildman–Crippen LogP) is 6.02. The van der Waals surface area contributed by atoms with Gasteiger partial charge in [0, 0.05) is 26.5 Å². The van der Waals surface area contributed by atoms with Crippen LogP contribution in [0.2, 0.25) is 0 Å². The number of carboxylic acid groups (broad SMARTS) is 2. The highest BCUT2D eigenvalue weighted by atomic mass is 31.2. The summed E-state index contributed by atoms with van der Waals surface area (Å²) in [5.41, 5.74) is 0. The molecule has 0 unspecified atom stereocenters. The van der Waals surface area contributed by atoms with Gasteiger partial charge in [-0.25, -0.2) is 0 Å². The average Bonchev–Trinajstić information content (AvgIpc) is 2.78. The maximum Gasteiger partial charge on any atom is 0.0591 e. The third kappa shape index (κ3) is 24.4. The molecule has 0 bridgehead atoms. The zero-order valence-corrected chi connectivity index (χ0v) is 25.2. The van der Waals surface area contributed by atoms with Crippen molar-refractivity contribution in [2.24, 2.45) is 0 Å². The number of rotatable bonds is 14. The zero-order valence-electron chi connectivity index (χ0n) is 23.4. The minimum absolute atomic E-state index is 0.111. The van der Waals surface area contributed by atoms with E-state index in [0.29, 0.717) is 0 Å². The van der Waals surface area contributed by atoms with E-state index in [-0.39, 0.29) is 12.8 Å². The molecule has 32 heavy (non-hydrogen) atoms. The van der Waals surface area contributed by atoms with Crippen molar-refractivity contribution < 1.29 is 19.8 Å². The van der Waals surface area contributed by atoms with Crippen LogP contribution in [0, 0.1) is 0 Å². The summed E-state index contributed by atoms with van der Waals surface area (Å²) in [5, 5.41) is 18.5. The van der Waals surface area contributed by atoms with Crippen molar-refractivity contribution in [2.75, 3.05) is 49.3 Å². The molecule has 196 valence electrons. The van der Waals surface area contributed by atoms with E-state index < -0.39 is 26.5 Å². The van der Waals surface area contributed by atoms with Crippen LogP contribution in [0.1, 0.15) is 108 Å². The lowest BCUT2D eigenvalue weighted by Crippen LogP contribution is -2.20. The van der Waals surface area contributed by atoms with Crippen molar-refractivity contribution in [1.82, 2.24) is 0 Å². The zero-order chi connectivity index (χ0) is 26.1. The summed E-state index contributed by atoms with van der Waals surface area (Å²) in [6, 6.07) is 0. The van der Waals surface area contributed by atoms with Gasteiger partial charge in [-0.1, -0.05) is 41.5 Å². The van der Waals surface area contributed by atoms with Crippen molar-refractivity contribution in [3.63, 3.8) is 0 Å². The van der Waals surface area contributed by atoms with Gasteiger partial charge in [-0.05, 0) is 66.2 Å². The van der Waals surface area contributed by atoms with Gasteiger partial charge in [0.25, 0.3) is 0 Å². The van der Waals surface area contributed by atoms with Crippen molar-refractivity contribution in [2.45, 2.75) is 108 Å². The monoisotopic (exact) mass is 496 g/mol. The second kappa shape index (κ2) is 27.0. The van der Waals surface area contributed by atoms with Crippen LogP contribution in [0.5, 0.6) is 0 Å². The molecule has 0 aliphatic rings. The first-order valence-corrected chi connectivity index (χ1v) is 18.2. The van der Waals surface area contributed by atoms with E-state index >= 15 is 0 Å². The second-order valence-corrected chi connectivity index (χ2v) is 18.0. The van der Waals surface area contributed by atoms with Gasteiger partial charge in [0.15, 0.2) is 0 Å². The molecule has 0 aromatic rings. The first kappa shape index (κ1) is 39.0. The minimum atomic E-state index is -0.995. The Bertz CT molecular complexity index is 350. The van der Waals surface area contributed by atoms with E-state index in [4.69, 9.17) is 0 Å². The summed E-state index contributed by atoms with van der Waals surface area (Å²) in [5.74, 6) is -1.99. The van der Waals surface area contributed by atoms with E-state index in [0.717, 1.165) is 0 Å². The Balaban J connectivity index is -0.000000179. The van der Waals surface area contributed by atoms with Crippen molar-refractivity contribution >= 4 is 26.5 Å². The summed E-state index contributed by atoms with van der Waals surface area (Å²) in [4.78, 5) is 18.5. The standard InChI is InChI=1S/C12H28P.C8H20P.2C3H6O2/c1-5-9-13(10-6-2,11-7-3)12-8-4;1-5-9(6-2,7-3)8-4;2*1-2-3(4)5/h5-12H2,1-4H3;5-8H2,1-4H3;2*2H2,1H3,(H,4,5)/q2*+1;;/p-2. The molecule has 0 atom stereocenters. The highest BCUT2D eigenvalue weighted by molar-refractivity contribution is 7.76. The SMILES string of the molecule is CCC(=O)[O-].CCC(=O)[O-].CCC[P+](CCC)(CCC)CCC.CC[P+](CC)(CC)CC. The smallest absolute Gasteiger partial charge is 0.0591 e. The third-order valence-electron chi connectivity index (χ3n) is 6.05. The molecule has 0 aromatic carbocycles. The molecule has 0 heterocycles. The van der Waals surface area contributed by atoms with Crippen molar-refractivity contribution in [1.29, 1.82) is 0 Å². The fraction of sp³-hybridized carbons (Fsp3) is 0.923. The lowest BCUT2D eigenvalue weighted by Gasteiger charge is -2.26. The highest BCUT2D eigenvalue weighted by Crippen LogP contribution is 2.60. The fourth-order valence-electron chi connectivity index (χ4n) is 3.91. The van der Waals surface area contributed by atoms with E-state index in [1.807, 2.05) is 0 Å². The molecule has 0 fully saturated rings. The van der Waals surface area contributed by atoms with Crippen LogP contribution in [-0.2, 0) is 9.59 Å². The van der Waals surface area contributed by atoms with Crippen LogP contribution in [0.3, 0.4) is 0 Å². The van der Waals surface area contributed by atoms with Crippen LogP contribution in [0.25, 0.3) is 0 Å². The van der Waals surface area contributed by atoms with E-state index in [1.165, 1.54) is 64.2 Å². The van der Waals surface area contributed by atoms with Crippen LogP contribution in [0.15, 0.2) is 0 Å². The average molecular weight is 497 g/mol. The molecule has 0 saturated carbocycles. The lowest BCUT2D eigenvalue weighted by atomic mass is 10.5. The molecule has 0 spiro atoms. The molecule has 0 aliphatic heterocycles. The Morgan fingerprint density at radius 3 is 0.719 bits per heavy atom. The Morgan fingerprint density at radius 1 is 0.469 bits per heavy atom. The number of aliphatic carboxylic acids is 2. The molecule has 0 N–H and O–H groups in total. The topological polar surface area (TPSA) is 80.3 Å². The summed E-state index contributed by atoms with van der Waals surface area (Å²) in [7, 11) is -0.916. The molecule has 0 aromatic heterocycles.